The molecule has 7 heteroatoms. The molecule has 4 nitrogen and oxygen atoms in total. The number of halogens is 3. The maximum absolute atomic E-state index is 5.33. The van der Waals surface area contributed by atoms with Crippen molar-refractivity contribution in [3.63, 3.8) is 0 Å². The Bertz CT molecular complexity index is 1260. The zero-order valence-electron chi connectivity index (χ0n) is 22.5. The van der Waals surface area contributed by atoms with Crippen LogP contribution in [0.5, 0.6) is 0 Å². The van der Waals surface area contributed by atoms with Crippen molar-refractivity contribution >= 4 is 37.2 Å². The van der Waals surface area contributed by atoms with Gasteiger partial charge in [0.2, 0.25) is 0 Å². The number of nitrogens with zero attached hydrogens (tertiary/aromatic N) is 2. The van der Waals surface area contributed by atoms with Crippen molar-refractivity contribution in [3.8, 4) is 11.4 Å². The third-order valence-corrected chi connectivity index (χ3v) is 7.50. The molecule has 0 saturated carbocycles. The van der Waals surface area contributed by atoms with Crippen LogP contribution in [-0.4, -0.2) is 41.0 Å². The van der Waals surface area contributed by atoms with Gasteiger partial charge >= 0.3 is 0 Å². The first-order valence-electron chi connectivity index (χ1n) is 12.7. The van der Waals surface area contributed by atoms with Crippen LogP contribution >= 0.6 is 37.2 Å². The van der Waals surface area contributed by atoms with Gasteiger partial charge < -0.3 is 10.3 Å². The number of hydrogen-bond donors (Lipinski definition) is 2. The summed E-state index contributed by atoms with van der Waals surface area (Å²) < 4.78 is 0. The predicted molar refractivity (Wildman–Crippen MR) is 167 cm³/mol. The summed E-state index contributed by atoms with van der Waals surface area (Å²) in [5.74, 6) is 1.07. The molecular weight excluding hydrogens is 535 g/mol. The van der Waals surface area contributed by atoms with Gasteiger partial charge in [0.05, 0.1) is 11.2 Å². The van der Waals surface area contributed by atoms with Crippen molar-refractivity contribution in [2.24, 2.45) is 0 Å². The maximum atomic E-state index is 5.33. The molecule has 3 aromatic carbocycles. The topological polar surface area (TPSA) is 44.0 Å². The van der Waals surface area contributed by atoms with E-state index in [-0.39, 0.29) is 48.7 Å². The molecule has 1 aliphatic heterocycles. The fourth-order valence-corrected chi connectivity index (χ4v) is 5.83. The third-order valence-electron chi connectivity index (χ3n) is 7.50. The second kappa shape index (κ2) is 13.6. The summed E-state index contributed by atoms with van der Waals surface area (Å²) >= 11 is 0. The summed E-state index contributed by atoms with van der Waals surface area (Å²) in [4.78, 5) is 11.6. The molecule has 0 radical (unpaired) electrons. The van der Waals surface area contributed by atoms with Gasteiger partial charge in [-0.15, -0.1) is 37.2 Å². The Labute approximate surface area is 245 Å². The largest absolute Gasteiger partial charge is 0.342 e. The normalized spacial score (nSPS) is 15.1. The van der Waals surface area contributed by atoms with Gasteiger partial charge in [0.15, 0.2) is 0 Å². The molecule has 1 atom stereocenters. The zero-order chi connectivity index (χ0) is 24.4. The van der Waals surface area contributed by atoms with Crippen molar-refractivity contribution in [1.82, 2.24) is 20.2 Å². The minimum absolute atomic E-state index is 0. The number of benzene rings is 3. The smallest absolute Gasteiger partial charge is 0.137 e. The van der Waals surface area contributed by atoms with Gasteiger partial charge in [0.25, 0.3) is 0 Å². The summed E-state index contributed by atoms with van der Waals surface area (Å²) in [6.07, 6.45) is 0. The van der Waals surface area contributed by atoms with Crippen molar-refractivity contribution in [2.45, 2.75) is 39.2 Å². The number of rotatable bonds is 6. The Morgan fingerprint density at radius 2 is 1.32 bits per heavy atom. The Balaban J connectivity index is 0.00000169. The van der Waals surface area contributed by atoms with E-state index in [4.69, 9.17) is 4.98 Å². The highest BCUT2D eigenvalue weighted by atomic mass is 35.5. The molecule has 2 heterocycles. The number of piperazine rings is 1. The fraction of sp³-hybridized carbons (Fsp3) is 0.323. The molecule has 0 bridgehead atoms. The van der Waals surface area contributed by atoms with Crippen molar-refractivity contribution in [3.05, 3.63) is 113 Å². The lowest BCUT2D eigenvalue weighted by Crippen LogP contribution is -2.56. The second-order valence-electron chi connectivity index (χ2n) is 10.1. The first-order chi connectivity index (χ1) is 17.0. The van der Waals surface area contributed by atoms with E-state index in [2.05, 4.69) is 122 Å². The minimum atomic E-state index is -0.336. The van der Waals surface area contributed by atoms with Gasteiger partial charge in [0, 0.05) is 43.4 Å². The van der Waals surface area contributed by atoms with E-state index < -0.39 is 0 Å². The lowest BCUT2D eigenvalue weighted by molar-refractivity contribution is 0.0673. The first-order valence-corrected chi connectivity index (χ1v) is 12.7. The first kappa shape index (κ1) is 31.9. The molecule has 5 rings (SSSR count). The number of aromatic nitrogens is 2. The summed E-state index contributed by atoms with van der Waals surface area (Å²) in [7, 11) is 0. The zero-order valence-corrected chi connectivity index (χ0v) is 25.0. The molecule has 1 aromatic heterocycles. The SMILES string of the molecule is Cc1cccc(C(c2cccc(C)c2)C(C)(c2nc(-c3ccccc3)[nH]c2C)N2CCNCC2)c1.Cl.Cl.Cl. The Morgan fingerprint density at radius 1 is 0.763 bits per heavy atom. The minimum Gasteiger partial charge on any atom is -0.342 e. The Kier molecular flexibility index (Phi) is 11.4. The van der Waals surface area contributed by atoms with Crippen molar-refractivity contribution < 1.29 is 0 Å². The highest BCUT2D eigenvalue weighted by Gasteiger charge is 2.46. The van der Waals surface area contributed by atoms with Crippen LogP contribution in [-0.2, 0) is 5.54 Å². The molecule has 0 aliphatic carbocycles. The third kappa shape index (κ3) is 6.27. The van der Waals surface area contributed by atoms with E-state index in [9.17, 15) is 0 Å². The van der Waals surface area contributed by atoms with Crippen LogP contribution in [0.15, 0.2) is 78.9 Å². The monoisotopic (exact) mass is 572 g/mol. The van der Waals surface area contributed by atoms with E-state index in [0.29, 0.717) is 0 Å². The number of hydrogen-bond acceptors (Lipinski definition) is 3. The van der Waals surface area contributed by atoms with Gasteiger partial charge in [0.1, 0.15) is 5.82 Å². The van der Waals surface area contributed by atoms with Gasteiger partial charge in [-0.25, -0.2) is 4.98 Å². The molecule has 2 N–H and O–H groups in total. The van der Waals surface area contributed by atoms with E-state index in [1.165, 1.54) is 22.3 Å². The fourth-order valence-electron chi connectivity index (χ4n) is 5.83. The van der Waals surface area contributed by atoms with Gasteiger partial charge in [-0.3, -0.25) is 4.90 Å². The van der Waals surface area contributed by atoms with Crippen LogP contribution in [0.1, 0.15) is 46.5 Å². The van der Waals surface area contributed by atoms with Crippen molar-refractivity contribution in [1.29, 1.82) is 0 Å². The molecular formula is C31H39Cl3N4. The number of aromatic amines is 1. The van der Waals surface area contributed by atoms with Crippen LogP contribution in [0.2, 0.25) is 0 Å². The number of aryl methyl sites for hydroxylation is 3. The van der Waals surface area contributed by atoms with Crippen LogP contribution in [0.3, 0.4) is 0 Å². The second-order valence-corrected chi connectivity index (χ2v) is 10.1. The van der Waals surface area contributed by atoms with Gasteiger partial charge in [-0.2, -0.15) is 0 Å². The Hall–Kier alpha value is -2.34. The van der Waals surface area contributed by atoms with Crippen LogP contribution in [0, 0.1) is 20.8 Å². The number of H-pyrrole nitrogens is 1. The molecule has 4 aromatic rings. The average Bonchev–Trinajstić information content (AvgIpc) is 3.27. The standard InChI is InChI=1S/C31H36N4.3ClH/c1-22-10-8-14-26(20-22)28(27-15-9-11-23(2)21-27)31(4,35-18-16-32-17-19-35)29-24(3)33-30(34-29)25-12-6-5-7-13-25;;;/h5-15,20-21,28,32H,16-19H2,1-4H3,(H,33,34);3*1H. The maximum Gasteiger partial charge on any atom is 0.137 e. The average molecular weight is 574 g/mol. The Morgan fingerprint density at radius 3 is 1.84 bits per heavy atom. The summed E-state index contributed by atoms with van der Waals surface area (Å²) in [6, 6.07) is 28.5. The van der Waals surface area contributed by atoms with Gasteiger partial charge in [-0.1, -0.05) is 90.0 Å². The molecule has 1 fully saturated rings. The molecule has 38 heavy (non-hydrogen) atoms. The lowest BCUT2D eigenvalue weighted by atomic mass is 9.71. The predicted octanol–water partition coefficient (Wildman–Crippen LogP) is 7.22. The van der Waals surface area contributed by atoms with Crippen LogP contribution < -0.4 is 5.32 Å². The quantitative estimate of drug-likeness (QED) is 0.256. The van der Waals surface area contributed by atoms with E-state index in [1.54, 1.807) is 0 Å². The molecule has 1 saturated heterocycles. The highest BCUT2D eigenvalue weighted by molar-refractivity contribution is 5.86. The molecule has 0 amide bonds. The summed E-state index contributed by atoms with van der Waals surface area (Å²) in [6.45, 7) is 12.9. The molecule has 1 unspecified atom stereocenters. The molecule has 0 spiro atoms. The highest BCUT2D eigenvalue weighted by Crippen LogP contribution is 2.47. The summed E-state index contributed by atoms with van der Waals surface area (Å²) in [5.41, 5.74) is 8.28. The van der Waals surface area contributed by atoms with Crippen LogP contribution in [0.4, 0.5) is 0 Å². The van der Waals surface area contributed by atoms with Gasteiger partial charge in [-0.05, 0) is 38.8 Å². The van der Waals surface area contributed by atoms with E-state index >= 15 is 0 Å². The number of nitrogens with one attached hydrogen (secondary N) is 2. The molecule has 1 aliphatic rings. The summed E-state index contributed by atoms with van der Waals surface area (Å²) in [5, 5.41) is 3.55. The van der Waals surface area contributed by atoms with Crippen molar-refractivity contribution in [2.75, 3.05) is 26.2 Å². The van der Waals surface area contributed by atoms with E-state index in [1.807, 2.05) is 0 Å². The van der Waals surface area contributed by atoms with E-state index in [0.717, 1.165) is 49.0 Å². The lowest BCUT2D eigenvalue weighted by Gasteiger charge is -2.48. The molecule has 204 valence electrons. The number of imidazole rings is 1. The van der Waals surface area contributed by atoms with Crippen LogP contribution in [0.25, 0.3) is 11.4 Å².